The Labute approximate surface area is 113 Å². The van der Waals surface area contributed by atoms with Gasteiger partial charge in [0.05, 0.1) is 11.8 Å². The third-order valence-electron chi connectivity index (χ3n) is 4.27. The van der Waals surface area contributed by atoms with Gasteiger partial charge in [-0.15, -0.1) is 0 Å². The first-order chi connectivity index (χ1) is 9.22. The third-order valence-corrected chi connectivity index (χ3v) is 4.27. The maximum atomic E-state index is 6.05. The van der Waals surface area contributed by atoms with Crippen LogP contribution in [0, 0.1) is 6.92 Å². The molecule has 0 bridgehead atoms. The molecule has 2 aliphatic heterocycles. The Hall–Kier alpha value is -0.910. The maximum Gasteiger partial charge on any atom is 0.133 e. The molecule has 2 fully saturated rings. The second kappa shape index (κ2) is 5.23. The molecule has 2 aliphatic rings. The molecule has 0 aliphatic carbocycles. The van der Waals surface area contributed by atoms with Crippen LogP contribution in [0.5, 0.6) is 0 Å². The molecule has 5 heteroatoms. The van der Waals surface area contributed by atoms with Crippen LogP contribution in [0.15, 0.2) is 10.6 Å². The fourth-order valence-corrected chi connectivity index (χ4v) is 3.41. The predicted octanol–water partition coefficient (Wildman–Crippen LogP) is 1.75. The number of rotatable bonds is 3. The summed E-state index contributed by atoms with van der Waals surface area (Å²) in [6.07, 6.45) is 3.48. The van der Waals surface area contributed by atoms with Crippen LogP contribution < -0.4 is 0 Å². The first kappa shape index (κ1) is 13.1. The highest BCUT2D eigenvalue weighted by Crippen LogP contribution is 2.36. The molecule has 1 aromatic heterocycles. The largest absolute Gasteiger partial charge is 0.378 e. The average molecular weight is 266 g/mol. The monoisotopic (exact) mass is 266 g/mol. The van der Waals surface area contributed by atoms with E-state index >= 15 is 0 Å². The van der Waals surface area contributed by atoms with Crippen LogP contribution in [-0.2, 0) is 16.0 Å². The number of piperidine rings is 1. The molecule has 0 unspecified atom stereocenters. The number of nitrogens with zero attached hydrogens (tertiary/aromatic N) is 2. The van der Waals surface area contributed by atoms with Gasteiger partial charge in [-0.05, 0) is 26.2 Å². The lowest BCUT2D eigenvalue weighted by Gasteiger charge is -2.44. The van der Waals surface area contributed by atoms with Crippen LogP contribution >= 0.6 is 0 Å². The molecular weight excluding hydrogens is 244 g/mol. The van der Waals surface area contributed by atoms with Crippen LogP contribution in [0.2, 0.25) is 0 Å². The fraction of sp³-hybridized carbons (Fsp3) is 0.786. The normalized spacial score (nSPS) is 32.2. The Morgan fingerprint density at radius 3 is 3.11 bits per heavy atom. The number of methoxy groups -OCH3 is 1. The second-order valence-corrected chi connectivity index (χ2v) is 5.67. The van der Waals surface area contributed by atoms with Crippen molar-refractivity contribution < 1.29 is 14.0 Å². The Balaban J connectivity index is 1.68. The maximum absolute atomic E-state index is 6.05. The highest BCUT2D eigenvalue weighted by molar-refractivity contribution is 5.05. The number of likely N-dealkylation sites (tertiary alicyclic amines) is 1. The minimum atomic E-state index is -0.105. The molecule has 1 aromatic rings. The van der Waals surface area contributed by atoms with Gasteiger partial charge in [0.25, 0.3) is 0 Å². The molecule has 1 spiro atoms. The van der Waals surface area contributed by atoms with Gasteiger partial charge in [-0.1, -0.05) is 5.16 Å². The van der Waals surface area contributed by atoms with Gasteiger partial charge < -0.3 is 14.0 Å². The van der Waals surface area contributed by atoms with Crippen molar-refractivity contribution in [3.05, 3.63) is 17.5 Å². The van der Waals surface area contributed by atoms with Crippen LogP contribution in [0.1, 0.15) is 30.7 Å². The molecule has 106 valence electrons. The number of hydrogen-bond donors (Lipinski definition) is 0. The number of hydrogen-bond acceptors (Lipinski definition) is 5. The summed E-state index contributed by atoms with van der Waals surface area (Å²) in [5, 5.41) is 4.08. The Kier molecular flexibility index (Phi) is 3.60. The molecule has 0 N–H and O–H groups in total. The predicted molar refractivity (Wildman–Crippen MR) is 69.8 cm³/mol. The van der Waals surface area contributed by atoms with E-state index in [2.05, 4.69) is 10.1 Å². The van der Waals surface area contributed by atoms with Crippen LogP contribution in [-0.4, -0.2) is 48.6 Å². The molecule has 3 heterocycles. The van der Waals surface area contributed by atoms with Crippen molar-refractivity contribution in [2.45, 2.75) is 44.4 Å². The molecule has 0 saturated carbocycles. The Bertz CT molecular complexity index is 426. The van der Waals surface area contributed by atoms with Gasteiger partial charge >= 0.3 is 0 Å². The Morgan fingerprint density at radius 2 is 2.47 bits per heavy atom. The molecule has 0 aromatic carbocycles. The van der Waals surface area contributed by atoms with Crippen molar-refractivity contribution in [1.29, 1.82) is 0 Å². The van der Waals surface area contributed by atoms with E-state index in [9.17, 15) is 0 Å². The summed E-state index contributed by atoms with van der Waals surface area (Å²) < 4.78 is 16.8. The summed E-state index contributed by atoms with van der Waals surface area (Å²) in [4.78, 5) is 2.40. The average Bonchev–Trinajstić information content (AvgIpc) is 3.00. The standard InChI is InChI=1S/C14H22N2O3/c1-11-8-12(15-19-11)9-16-6-4-13(17-2)14(10-16)5-3-7-18-14/h8,13H,3-7,9-10H2,1-2H3/t13-,14-/m0/s1. The van der Waals surface area contributed by atoms with Gasteiger partial charge in [0.1, 0.15) is 11.4 Å². The molecule has 2 atom stereocenters. The SMILES string of the molecule is CO[C@H]1CCN(Cc2cc(C)on2)C[C@@]12CCCO2. The molecule has 19 heavy (non-hydrogen) atoms. The molecule has 0 radical (unpaired) electrons. The van der Waals surface area contributed by atoms with Crippen molar-refractivity contribution in [2.75, 3.05) is 26.8 Å². The summed E-state index contributed by atoms with van der Waals surface area (Å²) in [5.41, 5.74) is 0.896. The first-order valence-electron chi connectivity index (χ1n) is 7.03. The van der Waals surface area contributed by atoms with E-state index in [-0.39, 0.29) is 11.7 Å². The zero-order chi connectivity index (χ0) is 13.3. The lowest BCUT2D eigenvalue weighted by molar-refractivity contribution is -0.145. The fourth-order valence-electron chi connectivity index (χ4n) is 3.41. The van der Waals surface area contributed by atoms with E-state index in [0.717, 1.165) is 57.0 Å². The summed E-state index contributed by atoms with van der Waals surface area (Å²) in [6, 6.07) is 2.00. The van der Waals surface area contributed by atoms with E-state index in [1.807, 2.05) is 13.0 Å². The zero-order valence-electron chi connectivity index (χ0n) is 11.7. The van der Waals surface area contributed by atoms with E-state index in [0.29, 0.717) is 0 Å². The highest BCUT2D eigenvalue weighted by Gasteiger charge is 2.47. The molecule has 5 nitrogen and oxygen atoms in total. The van der Waals surface area contributed by atoms with Crippen molar-refractivity contribution in [3.8, 4) is 0 Å². The van der Waals surface area contributed by atoms with Crippen LogP contribution in [0.25, 0.3) is 0 Å². The lowest BCUT2D eigenvalue weighted by Crippen LogP contribution is -2.56. The smallest absolute Gasteiger partial charge is 0.133 e. The summed E-state index contributed by atoms with van der Waals surface area (Å²) in [6.45, 7) is 5.57. The topological polar surface area (TPSA) is 47.7 Å². The Morgan fingerprint density at radius 1 is 1.58 bits per heavy atom. The number of aromatic nitrogens is 1. The van der Waals surface area contributed by atoms with Crippen LogP contribution in [0.3, 0.4) is 0 Å². The number of ether oxygens (including phenoxy) is 2. The van der Waals surface area contributed by atoms with E-state index in [1.54, 1.807) is 7.11 Å². The molecular formula is C14H22N2O3. The summed E-state index contributed by atoms with van der Waals surface area (Å²) >= 11 is 0. The van der Waals surface area contributed by atoms with E-state index < -0.39 is 0 Å². The van der Waals surface area contributed by atoms with Gasteiger partial charge in [0.15, 0.2) is 0 Å². The third kappa shape index (κ3) is 2.55. The van der Waals surface area contributed by atoms with Crippen molar-refractivity contribution >= 4 is 0 Å². The number of aryl methyl sites for hydroxylation is 1. The quantitative estimate of drug-likeness (QED) is 0.834. The van der Waals surface area contributed by atoms with Gasteiger partial charge in [-0.2, -0.15) is 0 Å². The van der Waals surface area contributed by atoms with Crippen molar-refractivity contribution in [3.63, 3.8) is 0 Å². The first-order valence-corrected chi connectivity index (χ1v) is 7.03. The van der Waals surface area contributed by atoms with Gasteiger partial charge in [-0.25, -0.2) is 0 Å². The van der Waals surface area contributed by atoms with Crippen LogP contribution in [0.4, 0.5) is 0 Å². The van der Waals surface area contributed by atoms with Gasteiger partial charge in [0, 0.05) is 39.4 Å². The molecule has 3 rings (SSSR count). The lowest BCUT2D eigenvalue weighted by atomic mass is 9.87. The minimum absolute atomic E-state index is 0.105. The zero-order valence-corrected chi connectivity index (χ0v) is 11.7. The minimum Gasteiger partial charge on any atom is -0.378 e. The van der Waals surface area contributed by atoms with Gasteiger partial charge in [0.2, 0.25) is 0 Å². The molecule has 2 saturated heterocycles. The van der Waals surface area contributed by atoms with Gasteiger partial charge in [-0.3, -0.25) is 4.90 Å². The molecule has 0 amide bonds. The van der Waals surface area contributed by atoms with Crippen molar-refractivity contribution in [1.82, 2.24) is 10.1 Å². The van der Waals surface area contributed by atoms with E-state index in [4.69, 9.17) is 14.0 Å². The highest BCUT2D eigenvalue weighted by atomic mass is 16.6. The summed E-state index contributed by atoms with van der Waals surface area (Å²) in [7, 11) is 1.80. The van der Waals surface area contributed by atoms with Crippen molar-refractivity contribution in [2.24, 2.45) is 0 Å². The van der Waals surface area contributed by atoms with E-state index in [1.165, 1.54) is 0 Å². The summed E-state index contributed by atoms with van der Waals surface area (Å²) in [5.74, 6) is 0.869. The second-order valence-electron chi connectivity index (χ2n) is 5.67.